The molecule has 1 aliphatic heterocycles. The van der Waals surface area contributed by atoms with Crippen LogP contribution in [0.2, 0.25) is 0 Å². The zero-order valence-corrected chi connectivity index (χ0v) is 16.5. The normalized spacial score (nSPS) is 17.8. The van der Waals surface area contributed by atoms with Crippen molar-refractivity contribution in [2.75, 3.05) is 19.6 Å². The fourth-order valence-electron chi connectivity index (χ4n) is 3.20. The standard InChI is InChI=1S/C18H24BrN5O2/c1-2-24-9-4-3-8-15(24)11-20-18(25)21-12-16-22-17(26-23-16)13-6-5-7-14(19)10-13/h5-7,10,15H,2-4,8-9,11-12H2,1H3,(H2,20,21,25)/t15-/m0/s1. The van der Waals surface area contributed by atoms with Gasteiger partial charge >= 0.3 is 6.03 Å². The van der Waals surface area contributed by atoms with Gasteiger partial charge in [-0.15, -0.1) is 0 Å². The van der Waals surface area contributed by atoms with Crippen LogP contribution >= 0.6 is 15.9 Å². The van der Waals surface area contributed by atoms with Gasteiger partial charge in [-0.05, 0) is 44.1 Å². The lowest BCUT2D eigenvalue weighted by atomic mass is 10.0. The summed E-state index contributed by atoms with van der Waals surface area (Å²) in [4.78, 5) is 18.8. The number of carbonyl (C=O) groups is 1. The largest absolute Gasteiger partial charge is 0.337 e. The van der Waals surface area contributed by atoms with E-state index in [0.717, 1.165) is 29.5 Å². The van der Waals surface area contributed by atoms with E-state index in [2.05, 4.69) is 48.5 Å². The number of nitrogens with zero attached hydrogens (tertiary/aromatic N) is 3. The molecule has 2 amide bonds. The number of piperidine rings is 1. The summed E-state index contributed by atoms with van der Waals surface area (Å²) in [6, 6.07) is 7.85. The van der Waals surface area contributed by atoms with Crippen LogP contribution in [-0.2, 0) is 6.54 Å². The van der Waals surface area contributed by atoms with Crippen LogP contribution in [0, 0.1) is 0 Å². The lowest BCUT2D eigenvalue weighted by molar-refractivity contribution is 0.153. The zero-order valence-electron chi connectivity index (χ0n) is 14.9. The van der Waals surface area contributed by atoms with Crippen molar-refractivity contribution >= 4 is 22.0 Å². The minimum Gasteiger partial charge on any atom is -0.337 e. The number of hydrogen-bond donors (Lipinski definition) is 2. The summed E-state index contributed by atoms with van der Waals surface area (Å²) >= 11 is 3.42. The Hall–Kier alpha value is -1.93. The summed E-state index contributed by atoms with van der Waals surface area (Å²) in [7, 11) is 0. The highest BCUT2D eigenvalue weighted by molar-refractivity contribution is 9.10. The van der Waals surface area contributed by atoms with Gasteiger partial charge in [-0.2, -0.15) is 4.98 Å². The second-order valence-electron chi connectivity index (χ2n) is 6.37. The fourth-order valence-corrected chi connectivity index (χ4v) is 3.60. The summed E-state index contributed by atoms with van der Waals surface area (Å²) in [5, 5.41) is 9.65. The molecule has 1 aromatic carbocycles. The van der Waals surface area contributed by atoms with Crippen LogP contribution in [0.25, 0.3) is 11.5 Å². The highest BCUT2D eigenvalue weighted by Gasteiger charge is 2.21. The van der Waals surface area contributed by atoms with E-state index in [-0.39, 0.29) is 12.6 Å². The van der Waals surface area contributed by atoms with Crippen LogP contribution in [0.3, 0.4) is 0 Å². The first kappa shape index (κ1) is 18.8. The molecule has 8 heteroatoms. The Morgan fingerprint density at radius 3 is 3.08 bits per heavy atom. The lowest BCUT2D eigenvalue weighted by Crippen LogP contribution is -2.48. The number of hydrogen-bond acceptors (Lipinski definition) is 5. The third-order valence-electron chi connectivity index (χ3n) is 4.60. The number of carbonyl (C=O) groups excluding carboxylic acids is 1. The summed E-state index contributed by atoms with van der Waals surface area (Å²) in [5.41, 5.74) is 0.833. The molecule has 0 bridgehead atoms. The molecular weight excluding hydrogens is 398 g/mol. The van der Waals surface area contributed by atoms with Gasteiger partial charge in [0.2, 0.25) is 0 Å². The van der Waals surface area contributed by atoms with E-state index < -0.39 is 0 Å². The van der Waals surface area contributed by atoms with Crippen molar-refractivity contribution in [1.29, 1.82) is 0 Å². The number of aromatic nitrogens is 2. The first-order valence-electron chi connectivity index (χ1n) is 9.00. The maximum atomic E-state index is 12.0. The van der Waals surface area contributed by atoms with Gasteiger partial charge in [0.25, 0.3) is 5.89 Å². The summed E-state index contributed by atoms with van der Waals surface area (Å²) in [5.74, 6) is 0.882. The van der Waals surface area contributed by atoms with Crippen molar-refractivity contribution in [3.8, 4) is 11.5 Å². The van der Waals surface area contributed by atoms with Crippen LogP contribution in [0.4, 0.5) is 4.79 Å². The molecule has 1 atom stereocenters. The smallest absolute Gasteiger partial charge is 0.315 e. The van der Waals surface area contributed by atoms with E-state index in [1.807, 2.05) is 24.3 Å². The van der Waals surface area contributed by atoms with Crippen molar-refractivity contribution in [3.63, 3.8) is 0 Å². The highest BCUT2D eigenvalue weighted by Crippen LogP contribution is 2.21. The highest BCUT2D eigenvalue weighted by atomic mass is 79.9. The van der Waals surface area contributed by atoms with Crippen molar-refractivity contribution in [2.24, 2.45) is 0 Å². The Kier molecular flexibility index (Phi) is 6.62. The van der Waals surface area contributed by atoms with E-state index in [0.29, 0.717) is 24.3 Å². The molecule has 7 nitrogen and oxygen atoms in total. The van der Waals surface area contributed by atoms with Crippen LogP contribution in [0.1, 0.15) is 32.0 Å². The molecule has 1 aromatic heterocycles. The van der Waals surface area contributed by atoms with E-state index >= 15 is 0 Å². The molecule has 0 aliphatic carbocycles. The van der Waals surface area contributed by atoms with Crippen LogP contribution in [-0.4, -0.2) is 46.7 Å². The Labute approximate surface area is 161 Å². The van der Waals surface area contributed by atoms with Gasteiger partial charge in [-0.3, -0.25) is 4.90 Å². The molecule has 140 valence electrons. The number of rotatable bonds is 6. The molecule has 0 spiro atoms. The first-order valence-corrected chi connectivity index (χ1v) is 9.79. The summed E-state index contributed by atoms with van der Waals surface area (Å²) in [6.07, 6.45) is 3.61. The molecule has 1 saturated heterocycles. The average Bonchev–Trinajstić information content (AvgIpc) is 3.14. The fraction of sp³-hybridized carbons (Fsp3) is 0.500. The van der Waals surface area contributed by atoms with E-state index in [1.54, 1.807) is 0 Å². The number of benzene rings is 1. The third-order valence-corrected chi connectivity index (χ3v) is 5.09. The molecule has 2 aromatic rings. The van der Waals surface area contributed by atoms with Crippen molar-refractivity contribution in [3.05, 3.63) is 34.6 Å². The molecule has 1 fully saturated rings. The van der Waals surface area contributed by atoms with Gasteiger partial charge < -0.3 is 15.2 Å². The van der Waals surface area contributed by atoms with Gasteiger partial charge in [0.15, 0.2) is 5.82 Å². The number of likely N-dealkylation sites (tertiary alicyclic amines) is 1. The minimum atomic E-state index is -0.208. The quantitative estimate of drug-likeness (QED) is 0.747. The Bertz CT molecular complexity index is 736. The number of amides is 2. The summed E-state index contributed by atoms with van der Waals surface area (Å²) in [6.45, 7) is 5.19. The van der Waals surface area contributed by atoms with E-state index in [9.17, 15) is 4.79 Å². The molecule has 3 rings (SSSR count). The third kappa shape index (κ3) is 5.04. The molecule has 2 N–H and O–H groups in total. The Morgan fingerprint density at radius 1 is 1.38 bits per heavy atom. The van der Waals surface area contributed by atoms with Crippen LogP contribution in [0.5, 0.6) is 0 Å². The number of likely N-dealkylation sites (N-methyl/N-ethyl adjacent to an activating group) is 1. The monoisotopic (exact) mass is 421 g/mol. The van der Waals surface area contributed by atoms with Gasteiger partial charge in [0, 0.05) is 22.6 Å². The molecule has 1 aliphatic rings. The average molecular weight is 422 g/mol. The van der Waals surface area contributed by atoms with E-state index in [4.69, 9.17) is 4.52 Å². The van der Waals surface area contributed by atoms with Gasteiger partial charge in [-0.1, -0.05) is 40.5 Å². The van der Waals surface area contributed by atoms with Gasteiger partial charge in [0.05, 0.1) is 6.54 Å². The molecule has 2 heterocycles. The lowest BCUT2D eigenvalue weighted by Gasteiger charge is -2.34. The summed E-state index contributed by atoms with van der Waals surface area (Å²) < 4.78 is 6.20. The van der Waals surface area contributed by atoms with Crippen LogP contribution < -0.4 is 10.6 Å². The van der Waals surface area contributed by atoms with Gasteiger partial charge in [0.1, 0.15) is 0 Å². The molecule has 0 radical (unpaired) electrons. The van der Waals surface area contributed by atoms with Crippen molar-refractivity contribution in [2.45, 2.75) is 38.8 Å². The predicted octanol–water partition coefficient (Wildman–Crippen LogP) is 3.17. The Balaban J connectivity index is 1.46. The minimum absolute atomic E-state index is 0.208. The molecule has 26 heavy (non-hydrogen) atoms. The molecule has 0 saturated carbocycles. The van der Waals surface area contributed by atoms with E-state index in [1.165, 1.54) is 12.8 Å². The second-order valence-corrected chi connectivity index (χ2v) is 7.28. The van der Waals surface area contributed by atoms with Crippen LogP contribution in [0.15, 0.2) is 33.3 Å². The topological polar surface area (TPSA) is 83.3 Å². The maximum Gasteiger partial charge on any atom is 0.315 e. The zero-order chi connectivity index (χ0) is 18.4. The SMILES string of the molecule is CCN1CCCC[C@H]1CNC(=O)NCc1noc(-c2cccc(Br)c2)n1. The molecular formula is C18H24BrN5O2. The van der Waals surface area contributed by atoms with Gasteiger partial charge in [-0.25, -0.2) is 4.79 Å². The molecule has 0 unspecified atom stereocenters. The second kappa shape index (κ2) is 9.14. The first-order chi connectivity index (χ1) is 12.7. The van der Waals surface area contributed by atoms with Crippen molar-refractivity contribution < 1.29 is 9.32 Å². The Morgan fingerprint density at radius 2 is 2.27 bits per heavy atom. The number of halogens is 1. The predicted molar refractivity (Wildman–Crippen MR) is 103 cm³/mol. The maximum absolute atomic E-state index is 12.0. The number of urea groups is 1. The van der Waals surface area contributed by atoms with Crippen molar-refractivity contribution in [1.82, 2.24) is 25.7 Å². The number of nitrogens with one attached hydrogen (secondary N) is 2.